The molecule has 1 aromatic carbocycles. The van der Waals surface area contributed by atoms with Crippen LogP contribution in [0, 0.1) is 0 Å². The molecule has 0 fully saturated rings. The molecule has 1 amide bonds. The molecule has 0 aliphatic rings. The van der Waals surface area contributed by atoms with Crippen LogP contribution < -0.4 is 0 Å². The third-order valence-corrected chi connectivity index (χ3v) is 3.10. The molecule has 0 spiro atoms. The van der Waals surface area contributed by atoms with Gasteiger partial charge in [0.1, 0.15) is 0 Å². The number of rotatable bonds is 5. The molecule has 10 heteroatoms. The fraction of sp³-hybridized carbons (Fsp3) is 0.429. The average Bonchev–Trinajstić information content (AvgIpc) is 2.45. The SMILES string of the molecule is CCN(CCC(=O)O)C(=O)c1cc(C(F)(F)F)cc(C(F)(F)F)c1. The van der Waals surface area contributed by atoms with Gasteiger partial charge in [-0.2, -0.15) is 26.3 Å². The normalized spacial score (nSPS) is 12.1. The largest absolute Gasteiger partial charge is 0.481 e. The highest BCUT2D eigenvalue weighted by atomic mass is 19.4. The number of carboxylic acid groups (broad SMARTS) is 1. The standard InChI is InChI=1S/C14H13F6NO3/c1-2-21(4-3-11(22)23)12(24)8-5-9(13(15,16)17)7-10(6-8)14(18,19)20/h5-7H,2-4H2,1H3,(H,22,23). The Morgan fingerprint density at radius 2 is 1.46 bits per heavy atom. The summed E-state index contributed by atoms with van der Waals surface area (Å²) in [5.74, 6) is -2.35. The van der Waals surface area contributed by atoms with Crippen LogP contribution in [0.1, 0.15) is 34.8 Å². The summed E-state index contributed by atoms with van der Waals surface area (Å²) < 4.78 is 76.6. The van der Waals surface area contributed by atoms with E-state index in [1.165, 1.54) is 6.92 Å². The van der Waals surface area contributed by atoms with Gasteiger partial charge >= 0.3 is 18.3 Å². The number of aliphatic carboxylic acids is 1. The Bertz CT molecular complexity index is 592. The molecule has 0 aliphatic heterocycles. The summed E-state index contributed by atoms with van der Waals surface area (Å²) >= 11 is 0. The maximum atomic E-state index is 12.8. The summed E-state index contributed by atoms with van der Waals surface area (Å²) in [7, 11) is 0. The van der Waals surface area contributed by atoms with E-state index in [0.717, 1.165) is 4.90 Å². The molecule has 0 unspecified atom stereocenters. The lowest BCUT2D eigenvalue weighted by atomic mass is 10.0. The zero-order chi connectivity index (χ0) is 18.7. The smallest absolute Gasteiger partial charge is 0.416 e. The topological polar surface area (TPSA) is 57.6 Å². The first-order chi connectivity index (χ1) is 10.9. The van der Waals surface area contributed by atoms with Crippen molar-refractivity contribution in [2.45, 2.75) is 25.7 Å². The van der Waals surface area contributed by atoms with Crippen LogP contribution in [-0.4, -0.2) is 35.0 Å². The van der Waals surface area contributed by atoms with E-state index in [0.29, 0.717) is 12.1 Å². The second-order valence-corrected chi connectivity index (χ2v) is 4.82. The second kappa shape index (κ2) is 7.10. The minimum absolute atomic E-state index is 0.0658. The summed E-state index contributed by atoms with van der Waals surface area (Å²) in [6.45, 7) is 1.03. The molecule has 0 saturated carbocycles. The Morgan fingerprint density at radius 1 is 1.00 bits per heavy atom. The van der Waals surface area contributed by atoms with Crippen LogP contribution in [0.25, 0.3) is 0 Å². The van der Waals surface area contributed by atoms with Gasteiger partial charge in [0.15, 0.2) is 0 Å². The number of hydrogen-bond acceptors (Lipinski definition) is 2. The summed E-state index contributed by atoms with van der Waals surface area (Å²) in [5, 5.41) is 8.58. The van der Waals surface area contributed by atoms with Crippen molar-refractivity contribution in [2.75, 3.05) is 13.1 Å². The highest BCUT2D eigenvalue weighted by Crippen LogP contribution is 2.36. The zero-order valence-corrected chi connectivity index (χ0v) is 12.3. The zero-order valence-electron chi connectivity index (χ0n) is 12.3. The number of hydrogen-bond donors (Lipinski definition) is 1. The van der Waals surface area contributed by atoms with E-state index in [1.807, 2.05) is 0 Å². The molecule has 0 aliphatic carbocycles. The van der Waals surface area contributed by atoms with E-state index in [-0.39, 0.29) is 19.2 Å². The van der Waals surface area contributed by atoms with E-state index in [1.54, 1.807) is 0 Å². The number of alkyl halides is 6. The predicted octanol–water partition coefficient (Wildman–Crippen LogP) is 3.66. The molecule has 0 bridgehead atoms. The van der Waals surface area contributed by atoms with E-state index in [4.69, 9.17) is 5.11 Å². The van der Waals surface area contributed by atoms with Gasteiger partial charge in [-0.3, -0.25) is 9.59 Å². The third-order valence-electron chi connectivity index (χ3n) is 3.10. The fourth-order valence-corrected chi connectivity index (χ4v) is 1.89. The second-order valence-electron chi connectivity index (χ2n) is 4.82. The van der Waals surface area contributed by atoms with Crippen LogP contribution in [-0.2, 0) is 17.1 Å². The number of halogens is 6. The van der Waals surface area contributed by atoms with Crippen LogP contribution in [0.2, 0.25) is 0 Å². The molecule has 1 rings (SSSR count). The molecule has 0 heterocycles. The Kier molecular flexibility index (Phi) is 5.85. The maximum absolute atomic E-state index is 12.8. The first kappa shape index (κ1) is 19.8. The molecule has 134 valence electrons. The quantitative estimate of drug-likeness (QED) is 0.819. The fourth-order valence-electron chi connectivity index (χ4n) is 1.89. The molecule has 0 atom stereocenters. The van der Waals surface area contributed by atoms with Gasteiger partial charge in [0.25, 0.3) is 5.91 Å². The van der Waals surface area contributed by atoms with Crippen molar-refractivity contribution in [3.05, 3.63) is 34.9 Å². The van der Waals surface area contributed by atoms with Gasteiger partial charge in [-0.05, 0) is 25.1 Å². The molecule has 1 aromatic rings. The van der Waals surface area contributed by atoms with Gasteiger partial charge in [0.05, 0.1) is 17.5 Å². The molecule has 1 N–H and O–H groups in total. The maximum Gasteiger partial charge on any atom is 0.416 e. The monoisotopic (exact) mass is 357 g/mol. The van der Waals surface area contributed by atoms with Gasteiger partial charge < -0.3 is 10.0 Å². The summed E-state index contributed by atoms with van der Waals surface area (Å²) in [5.41, 5.74) is -4.01. The number of carbonyl (C=O) groups is 2. The lowest BCUT2D eigenvalue weighted by molar-refractivity contribution is -0.143. The molecule has 0 radical (unpaired) electrons. The van der Waals surface area contributed by atoms with Crippen LogP contribution in [0.15, 0.2) is 18.2 Å². The Balaban J connectivity index is 3.30. The number of carboxylic acids is 1. The number of amides is 1. The van der Waals surface area contributed by atoms with Crippen molar-refractivity contribution >= 4 is 11.9 Å². The predicted molar refractivity (Wildman–Crippen MR) is 70.3 cm³/mol. The Labute approximate surface area is 132 Å². The highest BCUT2D eigenvalue weighted by Gasteiger charge is 2.37. The van der Waals surface area contributed by atoms with E-state index < -0.39 is 47.3 Å². The third kappa shape index (κ3) is 5.14. The van der Waals surface area contributed by atoms with Gasteiger partial charge in [-0.25, -0.2) is 0 Å². The van der Waals surface area contributed by atoms with Crippen molar-refractivity contribution in [1.82, 2.24) is 4.90 Å². The van der Waals surface area contributed by atoms with Gasteiger partial charge in [-0.1, -0.05) is 0 Å². The van der Waals surface area contributed by atoms with Crippen molar-refractivity contribution in [1.29, 1.82) is 0 Å². The molecule has 4 nitrogen and oxygen atoms in total. The highest BCUT2D eigenvalue weighted by molar-refractivity contribution is 5.95. The minimum Gasteiger partial charge on any atom is -0.481 e. The number of benzene rings is 1. The average molecular weight is 357 g/mol. The van der Waals surface area contributed by atoms with Crippen molar-refractivity contribution < 1.29 is 41.0 Å². The van der Waals surface area contributed by atoms with Gasteiger partial charge in [-0.15, -0.1) is 0 Å². The van der Waals surface area contributed by atoms with E-state index in [2.05, 4.69) is 0 Å². The summed E-state index contributed by atoms with van der Waals surface area (Å²) in [6.07, 6.45) is -10.6. The summed E-state index contributed by atoms with van der Waals surface area (Å²) in [4.78, 5) is 23.5. The van der Waals surface area contributed by atoms with Gasteiger partial charge in [0.2, 0.25) is 0 Å². The lowest BCUT2D eigenvalue weighted by Gasteiger charge is -2.21. The molecular formula is C14H13F6NO3. The first-order valence-electron chi connectivity index (χ1n) is 6.66. The molecule has 0 saturated heterocycles. The van der Waals surface area contributed by atoms with Crippen LogP contribution >= 0.6 is 0 Å². The lowest BCUT2D eigenvalue weighted by Crippen LogP contribution is -2.33. The van der Waals surface area contributed by atoms with Gasteiger partial charge in [0, 0.05) is 18.7 Å². The van der Waals surface area contributed by atoms with Crippen molar-refractivity contribution in [3.8, 4) is 0 Å². The minimum atomic E-state index is -5.06. The Hall–Kier alpha value is -2.26. The molecule has 24 heavy (non-hydrogen) atoms. The van der Waals surface area contributed by atoms with Crippen LogP contribution in [0.3, 0.4) is 0 Å². The van der Waals surface area contributed by atoms with E-state index >= 15 is 0 Å². The van der Waals surface area contributed by atoms with E-state index in [9.17, 15) is 35.9 Å². The molecular weight excluding hydrogens is 344 g/mol. The van der Waals surface area contributed by atoms with Crippen LogP contribution in [0.5, 0.6) is 0 Å². The first-order valence-corrected chi connectivity index (χ1v) is 6.66. The molecule has 0 aromatic heterocycles. The number of carbonyl (C=O) groups excluding carboxylic acids is 1. The Morgan fingerprint density at radius 3 is 1.79 bits per heavy atom. The van der Waals surface area contributed by atoms with Crippen molar-refractivity contribution in [3.63, 3.8) is 0 Å². The number of nitrogens with zero attached hydrogens (tertiary/aromatic N) is 1. The summed E-state index contributed by atoms with van der Waals surface area (Å²) in [6, 6.07) is 0.562. The van der Waals surface area contributed by atoms with Crippen LogP contribution in [0.4, 0.5) is 26.3 Å². The van der Waals surface area contributed by atoms with Crippen molar-refractivity contribution in [2.24, 2.45) is 0 Å².